The standard InChI is InChI=1S/C12H12N2O4S/c1-7(15)14-10-5-6-11(19(16,17)18)12-8(10)3-2-4-9(12)13/h2-6H,13H2,1H3,(H,14,15)(H,16,17,18). The molecule has 0 aliphatic rings. The second-order valence-corrected chi connectivity index (χ2v) is 5.43. The minimum Gasteiger partial charge on any atom is -0.398 e. The van der Waals surface area contributed by atoms with Crippen LogP contribution in [0.3, 0.4) is 0 Å². The maximum absolute atomic E-state index is 11.3. The van der Waals surface area contributed by atoms with Gasteiger partial charge in [0, 0.05) is 29.1 Å². The first kappa shape index (κ1) is 13.3. The molecule has 2 aromatic carbocycles. The molecule has 7 heteroatoms. The molecule has 0 aromatic heterocycles. The van der Waals surface area contributed by atoms with Gasteiger partial charge in [-0.3, -0.25) is 9.35 Å². The predicted molar refractivity (Wildman–Crippen MR) is 72.5 cm³/mol. The number of carbonyl (C=O) groups is 1. The second kappa shape index (κ2) is 4.52. The number of hydrogen-bond acceptors (Lipinski definition) is 4. The van der Waals surface area contributed by atoms with E-state index < -0.39 is 10.1 Å². The van der Waals surface area contributed by atoms with Crippen LogP contribution in [0.2, 0.25) is 0 Å². The highest BCUT2D eigenvalue weighted by molar-refractivity contribution is 7.86. The number of nitrogens with two attached hydrogens (primary N) is 1. The van der Waals surface area contributed by atoms with E-state index in [2.05, 4.69) is 5.32 Å². The summed E-state index contributed by atoms with van der Waals surface area (Å²) in [6.45, 7) is 1.34. The fourth-order valence-corrected chi connectivity index (χ4v) is 2.64. The van der Waals surface area contributed by atoms with Crippen molar-refractivity contribution >= 4 is 38.2 Å². The van der Waals surface area contributed by atoms with Crippen molar-refractivity contribution in [2.75, 3.05) is 11.1 Å². The first-order valence-electron chi connectivity index (χ1n) is 5.37. The topological polar surface area (TPSA) is 109 Å². The maximum Gasteiger partial charge on any atom is 0.295 e. The van der Waals surface area contributed by atoms with Crippen LogP contribution in [0.5, 0.6) is 0 Å². The summed E-state index contributed by atoms with van der Waals surface area (Å²) in [6.07, 6.45) is 0. The number of hydrogen-bond donors (Lipinski definition) is 3. The van der Waals surface area contributed by atoms with Gasteiger partial charge in [-0.05, 0) is 18.2 Å². The van der Waals surface area contributed by atoms with Crippen molar-refractivity contribution in [2.45, 2.75) is 11.8 Å². The SMILES string of the molecule is CC(=O)Nc1ccc(S(=O)(=O)O)c2c(N)cccc12. The molecule has 4 N–H and O–H groups in total. The van der Waals surface area contributed by atoms with E-state index in [0.29, 0.717) is 11.1 Å². The van der Waals surface area contributed by atoms with E-state index in [1.54, 1.807) is 12.1 Å². The maximum atomic E-state index is 11.3. The van der Waals surface area contributed by atoms with Crippen LogP contribution in [0.1, 0.15) is 6.92 Å². The molecule has 2 rings (SSSR count). The highest BCUT2D eigenvalue weighted by Gasteiger charge is 2.18. The van der Waals surface area contributed by atoms with E-state index >= 15 is 0 Å². The summed E-state index contributed by atoms with van der Waals surface area (Å²) in [5, 5.41) is 3.22. The largest absolute Gasteiger partial charge is 0.398 e. The van der Waals surface area contributed by atoms with Gasteiger partial charge in [0.05, 0.1) is 0 Å². The molecular weight excluding hydrogens is 268 g/mol. The third-order valence-corrected chi connectivity index (χ3v) is 3.52. The molecular formula is C12H12N2O4S. The molecule has 0 radical (unpaired) electrons. The van der Waals surface area contributed by atoms with Crippen molar-refractivity contribution in [3.05, 3.63) is 30.3 Å². The molecule has 0 saturated heterocycles. The van der Waals surface area contributed by atoms with Crippen LogP contribution >= 0.6 is 0 Å². The number of nitrogens with one attached hydrogen (secondary N) is 1. The van der Waals surface area contributed by atoms with Crippen LogP contribution in [-0.2, 0) is 14.9 Å². The van der Waals surface area contributed by atoms with Gasteiger partial charge in [0.25, 0.3) is 10.1 Å². The number of amides is 1. The normalized spacial score (nSPS) is 11.5. The fourth-order valence-electron chi connectivity index (χ4n) is 1.92. The van der Waals surface area contributed by atoms with Crippen LogP contribution in [0.15, 0.2) is 35.2 Å². The molecule has 0 heterocycles. The molecule has 0 fully saturated rings. The van der Waals surface area contributed by atoms with Crippen molar-refractivity contribution in [1.82, 2.24) is 0 Å². The van der Waals surface area contributed by atoms with Crippen molar-refractivity contribution in [3.63, 3.8) is 0 Å². The lowest BCUT2D eigenvalue weighted by Gasteiger charge is -2.11. The molecule has 19 heavy (non-hydrogen) atoms. The number of anilines is 2. The van der Waals surface area contributed by atoms with E-state index in [1.165, 1.54) is 25.1 Å². The van der Waals surface area contributed by atoms with Crippen LogP contribution in [-0.4, -0.2) is 18.9 Å². The Morgan fingerprint density at radius 2 is 1.95 bits per heavy atom. The van der Waals surface area contributed by atoms with E-state index in [0.717, 1.165) is 0 Å². The average Bonchev–Trinajstić information content (AvgIpc) is 2.28. The van der Waals surface area contributed by atoms with Gasteiger partial charge in [0.15, 0.2) is 0 Å². The molecule has 0 spiro atoms. The quantitative estimate of drug-likeness (QED) is 0.572. The lowest BCUT2D eigenvalue weighted by Crippen LogP contribution is -2.08. The third-order valence-electron chi connectivity index (χ3n) is 2.62. The number of benzene rings is 2. The minimum atomic E-state index is -4.39. The molecule has 100 valence electrons. The van der Waals surface area contributed by atoms with Crippen molar-refractivity contribution < 1.29 is 17.8 Å². The first-order valence-corrected chi connectivity index (χ1v) is 6.81. The molecule has 0 bridgehead atoms. The summed E-state index contributed by atoms with van der Waals surface area (Å²) in [7, 11) is -4.39. The van der Waals surface area contributed by atoms with E-state index in [1.807, 2.05) is 0 Å². The summed E-state index contributed by atoms with van der Waals surface area (Å²) in [5.41, 5.74) is 6.40. The Morgan fingerprint density at radius 3 is 2.53 bits per heavy atom. The zero-order chi connectivity index (χ0) is 14.2. The molecule has 1 amide bonds. The van der Waals surface area contributed by atoms with Crippen molar-refractivity contribution in [1.29, 1.82) is 0 Å². The summed E-state index contributed by atoms with van der Waals surface area (Å²) in [4.78, 5) is 10.8. The van der Waals surface area contributed by atoms with Gasteiger partial charge in [-0.25, -0.2) is 0 Å². The van der Waals surface area contributed by atoms with Gasteiger partial charge in [0.1, 0.15) is 4.90 Å². The third kappa shape index (κ3) is 2.51. The highest BCUT2D eigenvalue weighted by atomic mass is 32.2. The van der Waals surface area contributed by atoms with E-state index in [4.69, 9.17) is 5.73 Å². The molecule has 6 nitrogen and oxygen atoms in total. The van der Waals surface area contributed by atoms with Crippen LogP contribution in [0, 0.1) is 0 Å². The summed E-state index contributed by atoms with van der Waals surface area (Å²) in [5.74, 6) is -0.289. The monoisotopic (exact) mass is 280 g/mol. The van der Waals surface area contributed by atoms with Gasteiger partial charge in [-0.1, -0.05) is 12.1 Å². The Bertz CT molecular complexity index is 769. The molecule has 0 aliphatic heterocycles. The van der Waals surface area contributed by atoms with Gasteiger partial charge >= 0.3 is 0 Å². The number of nitrogen functional groups attached to an aromatic ring is 1. The van der Waals surface area contributed by atoms with E-state index in [-0.39, 0.29) is 21.9 Å². The summed E-state index contributed by atoms with van der Waals surface area (Å²) >= 11 is 0. The number of carbonyl (C=O) groups excluding carboxylic acids is 1. The van der Waals surface area contributed by atoms with Crippen LogP contribution in [0.4, 0.5) is 11.4 Å². The van der Waals surface area contributed by atoms with Gasteiger partial charge < -0.3 is 11.1 Å². The highest BCUT2D eigenvalue weighted by Crippen LogP contribution is 2.33. The molecule has 0 unspecified atom stereocenters. The average molecular weight is 280 g/mol. The first-order chi connectivity index (χ1) is 8.80. The van der Waals surface area contributed by atoms with Crippen molar-refractivity contribution in [3.8, 4) is 0 Å². The Hall–Kier alpha value is -2.12. The lowest BCUT2D eigenvalue weighted by molar-refractivity contribution is -0.114. The van der Waals surface area contributed by atoms with Crippen LogP contribution < -0.4 is 11.1 Å². The second-order valence-electron chi connectivity index (χ2n) is 4.04. The van der Waals surface area contributed by atoms with Gasteiger partial charge in [-0.2, -0.15) is 8.42 Å². The van der Waals surface area contributed by atoms with Gasteiger partial charge in [-0.15, -0.1) is 0 Å². The molecule has 0 aliphatic carbocycles. The Morgan fingerprint density at radius 1 is 1.26 bits per heavy atom. The molecule has 0 saturated carbocycles. The van der Waals surface area contributed by atoms with Crippen molar-refractivity contribution in [2.24, 2.45) is 0 Å². The number of rotatable bonds is 2. The lowest BCUT2D eigenvalue weighted by atomic mass is 10.1. The Labute approximate surface area is 110 Å². The summed E-state index contributed by atoms with van der Waals surface area (Å²) < 4.78 is 31.9. The predicted octanol–water partition coefficient (Wildman–Crippen LogP) is 1.63. The molecule has 0 atom stereocenters. The zero-order valence-electron chi connectivity index (χ0n) is 10.0. The zero-order valence-corrected chi connectivity index (χ0v) is 10.9. The minimum absolute atomic E-state index is 0.191. The van der Waals surface area contributed by atoms with Crippen LogP contribution in [0.25, 0.3) is 10.8 Å². The fraction of sp³-hybridized carbons (Fsp3) is 0.0833. The Balaban J connectivity index is 2.88. The van der Waals surface area contributed by atoms with Gasteiger partial charge in [0.2, 0.25) is 5.91 Å². The molecule has 2 aromatic rings. The number of fused-ring (bicyclic) bond motifs is 1. The smallest absolute Gasteiger partial charge is 0.295 e. The Kier molecular flexibility index (Phi) is 3.17. The summed E-state index contributed by atoms with van der Waals surface area (Å²) in [6, 6.07) is 7.39. The van der Waals surface area contributed by atoms with E-state index in [9.17, 15) is 17.8 Å².